The van der Waals surface area contributed by atoms with Crippen LogP contribution in [0.15, 0.2) is 40.6 Å². The van der Waals surface area contributed by atoms with Crippen LogP contribution in [0, 0.1) is 5.82 Å². The summed E-state index contributed by atoms with van der Waals surface area (Å²) in [6.45, 7) is 0.541. The number of hydrogen-bond donors (Lipinski definition) is 1. The third-order valence-electron chi connectivity index (χ3n) is 4.14. The fourth-order valence-corrected chi connectivity index (χ4v) is 4.70. The van der Waals surface area contributed by atoms with E-state index in [1.807, 2.05) is 17.5 Å². The van der Waals surface area contributed by atoms with Crippen LogP contribution in [0.25, 0.3) is 0 Å². The van der Waals surface area contributed by atoms with Gasteiger partial charge < -0.3 is 14.8 Å². The highest BCUT2D eigenvalue weighted by Gasteiger charge is 2.28. The third-order valence-corrected chi connectivity index (χ3v) is 6.91. The summed E-state index contributed by atoms with van der Waals surface area (Å²) in [5.41, 5.74) is -0.551. The molecule has 1 N–H and O–H groups in total. The normalized spacial score (nSPS) is 15.1. The van der Waals surface area contributed by atoms with Crippen molar-refractivity contribution in [3.05, 3.63) is 52.0 Å². The molecule has 0 saturated carbocycles. The van der Waals surface area contributed by atoms with Crippen LogP contribution in [0.3, 0.4) is 0 Å². The van der Waals surface area contributed by atoms with E-state index in [4.69, 9.17) is 9.47 Å². The summed E-state index contributed by atoms with van der Waals surface area (Å²) in [5.74, 6) is -2.60. The number of carbonyl (C=O) groups excluding carboxylic acids is 2. The Labute approximate surface area is 171 Å². The predicted octanol–water partition coefficient (Wildman–Crippen LogP) is 1.38. The molecule has 0 radical (unpaired) electrons. The van der Waals surface area contributed by atoms with E-state index < -0.39 is 39.9 Å². The van der Waals surface area contributed by atoms with Gasteiger partial charge in [-0.25, -0.2) is 17.6 Å². The Kier molecular flexibility index (Phi) is 6.96. The van der Waals surface area contributed by atoms with Crippen molar-refractivity contribution in [3.8, 4) is 0 Å². The highest BCUT2D eigenvalue weighted by molar-refractivity contribution is 7.89. The fraction of sp³-hybridized carbons (Fsp3) is 0.333. The summed E-state index contributed by atoms with van der Waals surface area (Å²) in [7, 11) is -3.90. The highest BCUT2D eigenvalue weighted by atomic mass is 32.2. The Balaban J connectivity index is 1.64. The number of nitrogens with one attached hydrogen (secondary N) is 1. The molecule has 1 aromatic carbocycles. The van der Waals surface area contributed by atoms with Crippen molar-refractivity contribution in [1.29, 1.82) is 0 Å². The number of thiophene rings is 1. The van der Waals surface area contributed by atoms with Crippen molar-refractivity contribution in [1.82, 2.24) is 9.62 Å². The molecule has 2 aromatic rings. The molecule has 2 heterocycles. The van der Waals surface area contributed by atoms with Gasteiger partial charge in [-0.1, -0.05) is 6.07 Å². The van der Waals surface area contributed by atoms with Gasteiger partial charge in [-0.15, -0.1) is 11.3 Å². The minimum Gasteiger partial charge on any atom is -0.452 e. The molecule has 3 rings (SSSR count). The van der Waals surface area contributed by atoms with Gasteiger partial charge in [0.2, 0.25) is 10.0 Å². The zero-order valence-electron chi connectivity index (χ0n) is 15.3. The lowest BCUT2D eigenvalue weighted by Gasteiger charge is -2.26. The van der Waals surface area contributed by atoms with Crippen molar-refractivity contribution in [2.75, 3.05) is 32.9 Å². The lowest BCUT2D eigenvalue weighted by molar-refractivity contribution is -0.124. The molecule has 1 aromatic heterocycles. The zero-order valence-corrected chi connectivity index (χ0v) is 16.9. The maximum absolute atomic E-state index is 14.1. The van der Waals surface area contributed by atoms with Crippen molar-refractivity contribution in [2.24, 2.45) is 0 Å². The average molecular weight is 442 g/mol. The number of amides is 1. The van der Waals surface area contributed by atoms with E-state index in [0.29, 0.717) is 0 Å². The van der Waals surface area contributed by atoms with Crippen LogP contribution in [0.1, 0.15) is 15.2 Å². The largest absolute Gasteiger partial charge is 0.452 e. The first-order valence-electron chi connectivity index (χ1n) is 8.71. The van der Waals surface area contributed by atoms with Crippen LogP contribution in [0.5, 0.6) is 0 Å². The molecule has 0 spiro atoms. The first-order chi connectivity index (χ1) is 13.9. The summed E-state index contributed by atoms with van der Waals surface area (Å²) >= 11 is 1.46. The zero-order chi connectivity index (χ0) is 20.9. The van der Waals surface area contributed by atoms with E-state index in [1.54, 1.807) is 0 Å². The number of esters is 1. The molecule has 1 aliphatic rings. The monoisotopic (exact) mass is 442 g/mol. The van der Waals surface area contributed by atoms with Crippen molar-refractivity contribution in [3.63, 3.8) is 0 Å². The SMILES string of the molecule is O=C(COC(=O)c1cc(S(=O)(=O)N2CCOCC2)ccc1F)NCc1cccs1. The minimum absolute atomic E-state index is 0.171. The summed E-state index contributed by atoms with van der Waals surface area (Å²) < 4.78 is 50.6. The third kappa shape index (κ3) is 5.38. The molecule has 0 bridgehead atoms. The molecule has 0 unspecified atom stereocenters. The van der Waals surface area contributed by atoms with Crippen LogP contribution < -0.4 is 5.32 Å². The van der Waals surface area contributed by atoms with Crippen LogP contribution in [0.2, 0.25) is 0 Å². The number of ether oxygens (including phenoxy) is 2. The minimum atomic E-state index is -3.90. The van der Waals surface area contributed by atoms with E-state index in [2.05, 4.69) is 5.32 Å². The van der Waals surface area contributed by atoms with E-state index in [-0.39, 0.29) is 37.7 Å². The predicted molar refractivity (Wildman–Crippen MR) is 102 cm³/mol. The molecule has 0 aliphatic carbocycles. The Morgan fingerprint density at radius 2 is 2.00 bits per heavy atom. The Morgan fingerprint density at radius 1 is 1.24 bits per heavy atom. The number of halogens is 1. The molecule has 0 atom stereocenters. The van der Waals surface area contributed by atoms with Gasteiger partial charge in [0.1, 0.15) is 5.82 Å². The highest BCUT2D eigenvalue weighted by Crippen LogP contribution is 2.21. The van der Waals surface area contributed by atoms with Gasteiger partial charge in [0.15, 0.2) is 6.61 Å². The van der Waals surface area contributed by atoms with Crippen LogP contribution >= 0.6 is 11.3 Å². The number of hydrogen-bond acceptors (Lipinski definition) is 7. The number of rotatable bonds is 7. The maximum Gasteiger partial charge on any atom is 0.341 e. The first kappa shape index (κ1) is 21.4. The molecule has 11 heteroatoms. The van der Waals surface area contributed by atoms with Gasteiger partial charge in [-0.3, -0.25) is 4.79 Å². The van der Waals surface area contributed by atoms with Crippen LogP contribution in [0.4, 0.5) is 4.39 Å². The van der Waals surface area contributed by atoms with Gasteiger partial charge in [0.05, 0.1) is 30.2 Å². The number of sulfonamides is 1. The first-order valence-corrected chi connectivity index (χ1v) is 11.0. The van der Waals surface area contributed by atoms with Crippen molar-refractivity contribution >= 4 is 33.2 Å². The quantitative estimate of drug-likeness (QED) is 0.650. The smallest absolute Gasteiger partial charge is 0.341 e. The van der Waals surface area contributed by atoms with E-state index in [0.717, 1.165) is 23.1 Å². The summed E-state index contributed by atoms with van der Waals surface area (Å²) in [5, 5.41) is 4.43. The van der Waals surface area contributed by atoms with Gasteiger partial charge in [-0.2, -0.15) is 4.31 Å². The molecule has 29 heavy (non-hydrogen) atoms. The second kappa shape index (κ2) is 9.44. The van der Waals surface area contributed by atoms with Crippen LogP contribution in [-0.4, -0.2) is 57.5 Å². The molecule has 1 aliphatic heterocycles. The fourth-order valence-electron chi connectivity index (χ4n) is 2.62. The molecule has 156 valence electrons. The van der Waals surface area contributed by atoms with Gasteiger partial charge in [-0.05, 0) is 29.6 Å². The molecular weight excluding hydrogens is 423 g/mol. The van der Waals surface area contributed by atoms with Crippen LogP contribution in [-0.2, 0) is 30.8 Å². The van der Waals surface area contributed by atoms with E-state index >= 15 is 0 Å². The Bertz CT molecular complexity index is 972. The number of nitrogens with zero attached hydrogens (tertiary/aromatic N) is 1. The topological polar surface area (TPSA) is 102 Å². The standard InChI is InChI=1S/C18H19FN2O6S2/c19-16-4-3-14(29(24,25)21-5-7-26-8-6-21)10-15(16)18(23)27-12-17(22)20-11-13-2-1-9-28-13/h1-4,9-10H,5-8,11-12H2,(H,20,22). The Morgan fingerprint density at radius 3 is 2.69 bits per heavy atom. The average Bonchev–Trinajstić information content (AvgIpc) is 3.25. The van der Waals surface area contributed by atoms with Gasteiger partial charge in [0, 0.05) is 18.0 Å². The molecule has 1 amide bonds. The summed E-state index contributed by atoms with van der Waals surface area (Å²) in [6, 6.07) is 6.58. The second-order valence-electron chi connectivity index (χ2n) is 6.09. The lowest BCUT2D eigenvalue weighted by Crippen LogP contribution is -2.40. The van der Waals surface area contributed by atoms with Crippen molar-refractivity contribution in [2.45, 2.75) is 11.4 Å². The molecule has 1 saturated heterocycles. The molecular formula is C18H19FN2O6S2. The van der Waals surface area contributed by atoms with Gasteiger partial charge >= 0.3 is 5.97 Å². The van der Waals surface area contributed by atoms with E-state index in [9.17, 15) is 22.4 Å². The second-order valence-corrected chi connectivity index (χ2v) is 9.06. The number of carbonyl (C=O) groups is 2. The summed E-state index contributed by atoms with van der Waals surface area (Å²) in [6.07, 6.45) is 0. The van der Waals surface area contributed by atoms with Crippen molar-refractivity contribution < 1.29 is 31.9 Å². The molecule has 8 nitrogen and oxygen atoms in total. The lowest BCUT2D eigenvalue weighted by atomic mass is 10.2. The number of benzene rings is 1. The molecule has 1 fully saturated rings. The van der Waals surface area contributed by atoms with E-state index in [1.165, 1.54) is 15.6 Å². The number of morpholine rings is 1. The van der Waals surface area contributed by atoms with Gasteiger partial charge in [0.25, 0.3) is 5.91 Å². The summed E-state index contributed by atoms with van der Waals surface area (Å²) in [4.78, 5) is 24.7. The maximum atomic E-state index is 14.1. The Hall–Kier alpha value is -2.34.